The van der Waals surface area contributed by atoms with E-state index in [2.05, 4.69) is 16.0 Å². The van der Waals surface area contributed by atoms with Crippen molar-refractivity contribution in [3.8, 4) is 11.1 Å². The maximum atomic E-state index is 15.5. The molecule has 320 valence electrons. The summed E-state index contributed by atoms with van der Waals surface area (Å²) in [4.78, 5) is 53.0. The highest BCUT2D eigenvalue weighted by molar-refractivity contribution is 7.99. The molecule has 4 N–H and O–H groups in total. The molecule has 0 saturated carbocycles. The van der Waals surface area contributed by atoms with Gasteiger partial charge in [-0.1, -0.05) is 49.1 Å². The zero-order valence-electron chi connectivity index (χ0n) is 34.0. The first-order valence-corrected chi connectivity index (χ1v) is 23.4. The Labute approximate surface area is 359 Å². The summed E-state index contributed by atoms with van der Waals surface area (Å²) >= 11 is 1.70. The second-order valence-electron chi connectivity index (χ2n) is 16.4. The average Bonchev–Trinajstić information content (AvgIpc) is 3.85. The minimum atomic E-state index is -3.87. The summed E-state index contributed by atoms with van der Waals surface area (Å²) in [6.07, 6.45) is 5.92. The summed E-state index contributed by atoms with van der Waals surface area (Å²) in [7, 11) is -3.87. The molecule has 8 rings (SSSR count). The number of carbonyl (C=O) groups is 4. The van der Waals surface area contributed by atoms with Gasteiger partial charge in [0.25, 0.3) is 5.91 Å². The van der Waals surface area contributed by atoms with Crippen molar-refractivity contribution in [2.75, 3.05) is 29.5 Å². The minimum Gasteiger partial charge on any atom is -0.394 e. The highest BCUT2D eigenvalue weighted by Gasteiger charge is 2.48. The van der Waals surface area contributed by atoms with Gasteiger partial charge in [-0.2, -0.15) is 4.31 Å². The van der Waals surface area contributed by atoms with E-state index in [-0.39, 0.29) is 59.7 Å². The van der Waals surface area contributed by atoms with Crippen LogP contribution in [0.5, 0.6) is 0 Å². The fourth-order valence-corrected chi connectivity index (χ4v) is 11.9. The second-order valence-corrected chi connectivity index (χ2v) is 19.4. The number of hydrogen-bond acceptors (Lipinski definition) is 9. The normalized spacial score (nSPS) is 21.1. The van der Waals surface area contributed by atoms with Crippen LogP contribution in [0.25, 0.3) is 11.1 Å². The van der Waals surface area contributed by atoms with Crippen molar-refractivity contribution in [3.63, 3.8) is 0 Å². The predicted molar refractivity (Wildman–Crippen MR) is 232 cm³/mol. The van der Waals surface area contributed by atoms with E-state index in [0.29, 0.717) is 60.3 Å². The third kappa shape index (κ3) is 8.83. The molecule has 4 amide bonds. The highest BCUT2D eigenvalue weighted by Crippen LogP contribution is 2.49. The second kappa shape index (κ2) is 18.1. The third-order valence-corrected chi connectivity index (χ3v) is 15.4. The lowest BCUT2D eigenvalue weighted by atomic mass is 9.82. The number of aliphatic hydroxyl groups excluding tert-OH is 1. The number of anilines is 2. The van der Waals surface area contributed by atoms with Crippen LogP contribution in [0.2, 0.25) is 0 Å². The molecule has 4 aromatic carbocycles. The van der Waals surface area contributed by atoms with Crippen molar-refractivity contribution in [3.05, 3.63) is 107 Å². The number of hydrogen-bond donors (Lipinski definition) is 4. The first-order valence-electron chi connectivity index (χ1n) is 21.0. The molecule has 4 aliphatic heterocycles. The molecule has 2 fully saturated rings. The van der Waals surface area contributed by atoms with E-state index in [1.165, 1.54) is 16.4 Å². The van der Waals surface area contributed by atoms with Gasteiger partial charge in [0.15, 0.2) is 0 Å². The van der Waals surface area contributed by atoms with E-state index < -0.39 is 33.8 Å². The van der Waals surface area contributed by atoms with Crippen LogP contribution in [0.1, 0.15) is 90.9 Å². The summed E-state index contributed by atoms with van der Waals surface area (Å²) in [5, 5.41) is 18.9. The lowest BCUT2D eigenvalue weighted by Gasteiger charge is -2.39. The van der Waals surface area contributed by atoms with Crippen molar-refractivity contribution in [1.82, 2.24) is 14.5 Å². The van der Waals surface area contributed by atoms with Gasteiger partial charge < -0.3 is 20.6 Å². The summed E-state index contributed by atoms with van der Waals surface area (Å²) in [5.41, 5.74) is 5.19. The van der Waals surface area contributed by atoms with Crippen molar-refractivity contribution in [1.29, 1.82) is 0 Å². The van der Waals surface area contributed by atoms with E-state index in [1.54, 1.807) is 65.2 Å². The van der Waals surface area contributed by atoms with Gasteiger partial charge in [0.05, 0.1) is 23.6 Å². The standard InChI is InChI=1S/C46H50FN5O7S2/c1-28-11-15-31(16-12-28)61(58,59)52-22-21-33-39(27-53)49-38-18-13-29(24-35(38)44(33)52)34-25-30(14-17-37(34)47)48-42(54)10-5-3-2-4-6-23-60-41-9-7-8-32-36(41)26-51(46(32)57)40-19-20-43(55)50-45(40)56/h7-9,11-18,24-25,33,39-40,44,49,53H,2-6,10,19-23,26-27H2,1H3,(H,48,54)(H,50,55,56)/t33-,39+,40?,44-/m1/s1. The van der Waals surface area contributed by atoms with Gasteiger partial charge in [0.2, 0.25) is 27.7 Å². The Bertz CT molecular complexity index is 2460. The largest absolute Gasteiger partial charge is 0.394 e. The number of aryl methyl sites for hydroxylation is 1. The fourth-order valence-electron chi connectivity index (χ4n) is 9.14. The predicted octanol–water partition coefficient (Wildman–Crippen LogP) is 7.17. The smallest absolute Gasteiger partial charge is 0.255 e. The van der Waals surface area contributed by atoms with Crippen LogP contribution in [0.15, 0.2) is 88.7 Å². The molecule has 0 spiro atoms. The summed E-state index contributed by atoms with van der Waals surface area (Å²) < 4.78 is 45.0. The number of amides is 4. The third-order valence-electron chi connectivity index (χ3n) is 12.4. The first-order chi connectivity index (χ1) is 29.4. The van der Waals surface area contributed by atoms with Gasteiger partial charge in [-0.05, 0) is 110 Å². The molecule has 0 aliphatic carbocycles. The number of benzene rings is 4. The van der Waals surface area contributed by atoms with E-state index >= 15 is 4.39 Å². The zero-order chi connectivity index (χ0) is 42.8. The number of sulfonamides is 1. The summed E-state index contributed by atoms with van der Waals surface area (Å²) in [5.74, 6) is -0.857. The van der Waals surface area contributed by atoms with Gasteiger partial charge in [-0.25, -0.2) is 12.8 Å². The molecule has 2 saturated heterocycles. The molecule has 15 heteroatoms. The average molecular weight is 868 g/mol. The lowest BCUT2D eigenvalue weighted by Crippen LogP contribution is -2.52. The van der Waals surface area contributed by atoms with Gasteiger partial charge >= 0.3 is 0 Å². The molecule has 12 nitrogen and oxygen atoms in total. The molecule has 4 heterocycles. The Kier molecular flexibility index (Phi) is 12.6. The van der Waals surface area contributed by atoms with E-state index in [0.717, 1.165) is 47.5 Å². The number of rotatable bonds is 15. The molecular formula is C46H50FN5O7S2. The summed E-state index contributed by atoms with van der Waals surface area (Å²) in [6.45, 7) is 2.39. The number of halogens is 1. The first kappa shape index (κ1) is 42.6. The number of thioether (sulfide) groups is 1. The van der Waals surface area contributed by atoms with Crippen molar-refractivity contribution in [2.24, 2.45) is 5.92 Å². The molecule has 4 atom stereocenters. The van der Waals surface area contributed by atoms with Crippen molar-refractivity contribution < 1.29 is 37.1 Å². The number of piperidine rings is 1. The summed E-state index contributed by atoms with van der Waals surface area (Å²) in [6, 6.07) is 20.8. The zero-order valence-corrected chi connectivity index (χ0v) is 35.6. The Balaban J connectivity index is 0.829. The molecular weight excluding hydrogens is 818 g/mol. The number of aliphatic hydroxyl groups is 1. The monoisotopic (exact) mass is 867 g/mol. The van der Waals surface area contributed by atoms with Crippen LogP contribution in [0.4, 0.5) is 15.8 Å². The molecule has 1 unspecified atom stereocenters. The Morgan fingerprint density at radius 1 is 0.934 bits per heavy atom. The van der Waals surface area contributed by atoms with Crippen LogP contribution in [0.3, 0.4) is 0 Å². The maximum absolute atomic E-state index is 15.5. The van der Waals surface area contributed by atoms with E-state index in [9.17, 15) is 32.7 Å². The Morgan fingerprint density at radius 2 is 1.72 bits per heavy atom. The topological polar surface area (TPSA) is 165 Å². The highest BCUT2D eigenvalue weighted by atomic mass is 32.2. The number of unbranched alkanes of at least 4 members (excludes halogenated alkanes) is 4. The van der Waals surface area contributed by atoms with E-state index in [1.807, 2.05) is 25.1 Å². The van der Waals surface area contributed by atoms with Crippen LogP contribution < -0.4 is 16.0 Å². The number of nitrogens with zero attached hydrogens (tertiary/aromatic N) is 2. The quantitative estimate of drug-likeness (QED) is 0.0551. The minimum absolute atomic E-state index is 0.158. The van der Waals surface area contributed by atoms with Gasteiger partial charge in [0, 0.05) is 59.2 Å². The van der Waals surface area contributed by atoms with Crippen LogP contribution in [-0.4, -0.2) is 77.3 Å². The van der Waals surface area contributed by atoms with Crippen molar-refractivity contribution in [2.45, 2.75) is 99.2 Å². The van der Waals surface area contributed by atoms with Crippen LogP contribution in [-0.2, 0) is 31.0 Å². The van der Waals surface area contributed by atoms with Crippen molar-refractivity contribution >= 4 is 56.8 Å². The molecule has 0 bridgehead atoms. The van der Waals surface area contributed by atoms with Crippen LogP contribution in [0, 0.1) is 18.7 Å². The molecule has 61 heavy (non-hydrogen) atoms. The molecule has 4 aliphatic rings. The molecule has 4 aromatic rings. The Hall–Kier alpha value is -5.09. The molecule has 0 aromatic heterocycles. The van der Waals surface area contributed by atoms with Crippen LogP contribution >= 0.6 is 11.8 Å². The number of imide groups is 1. The maximum Gasteiger partial charge on any atom is 0.255 e. The van der Waals surface area contributed by atoms with Gasteiger partial charge in [0.1, 0.15) is 11.9 Å². The van der Waals surface area contributed by atoms with E-state index in [4.69, 9.17) is 0 Å². The SMILES string of the molecule is Cc1ccc(S(=O)(=O)N2CC[C@@H]3[C@H](CO)Nc4ccc(-c5cc(NC(=O)CCCCCCCSc6cccc7c6CN(C6CCC(=O)NC6=O)C7=O)ccc5F)cc4[C@@H]32)cc1. The fraction of sp³-hybridized carbons (Fsp3) is 0.391. The van der Waals surface area contributed by atoms with Gasteiger partial charge in [-0.3, -0.25) is 24.5 Å². The number of carbonyl (C=O) groups excluding carboxylic acids is 4. The lowest BCUT2D eigenvalue weighted by molar-refractivity contribution is -0.137. The Morgan fingerprint density at radius 3 is 2.51 bits per heavy atom. The molecule has 0 radical (unpaired) electrons. The number of nitrogens with one attached hydrogen (secondary N) is 3. The number of fused-ring (bicyclic) bond motifs is 4. The van der Waals surface area contributed by atoms with Gasteiger partial charge in [-0.15, -0.1) is 11.8 Å².